The number of fused-ring (bicyclic) bond motifs is 1. The molecule has 1 fully saturated rings. The summed E-state index contributed by atoms with van der Waals surface area (Å²) >= 11 is 0. The summed E-state index contributed by atoms with van der Waals surface area (Å²) < 4.78 is 16.9. The van der Waals surface area contributed by atoms with Crippen LogP contribution >= 0.6 is 0 Å². The van der Waals surface area contributed by atoms with Crippen molar-refractivity contribution in [2.45, 2.75) is 19.4 Å². The smallest absolute Gasteiger partial charge is 0.292 e. The Morgan fingerprint density at radius 2 is 2.15 bits per heavy atom. The van der Waals surface area contributed by atoms with Crippen LogP contribution in [0.25, 0.3) is 11.5 Å². The van der Waals surface area contributed by atoms with Crippen molar-refractivity contribution in [1.82, 2.24) is 36.2 Å². The summed E-state index contributed by atoms with van der Waals surface area (Å²) in [5.41, 5.74) is 15.4. The minimum atomic E-state index is -0.425. The monoisotopic (exact) mass is 468 g/mol. The first kappa shape index (κ1) is 21.9. The van der Waals surface area contributed by atoms with Crippen molar-refractivity contribution in [3.63, 3.8) is 0 Å². The quantitative estimate of drug-likeness (QED) is 0.313. The van der Waals surface area contributed by atoms with Crippen molar-refractivity contribution in [3.05, 3.63) is 46.8 Å². The van der Waals surface area contributed by atoms with E-state index in [1.807, 2.05) is 24.3 Å². The lowest BCUT2D eigenvalue weighted by Gasteiger charge is -2.24. The summed E-state index contributed by atoms with van der Waals surface area (Å²) in [7, 11) is 1.64. The number of carbonyl (C=O) groups excluding carboxylic acids is 1. The lowest BCUT2D eigenvalue weighted by Crippen LogP contribution is -3.12. The number of nitrogens with zero attached hydrogens (tertiary/aromatic N) is 5. The molecule has 0 radical (unpaired) electrons. The number of benzene rings is 1. The number of rotatable bonds is 7. The fourth-order valence-electron chi connectivity index (χ4n) is 4.17. The van der Waals surface area contributed by atoms with Crippen LogP contribution in [-0.2, 0) is 17.7 Å². The number of quaternary nitrogens is 1. The third kappa shape index (κ3) is 4.30. The van der Waals surface area contributed by atoms with Crippen molar-refractivity contribution in [2.24, 2.45) is 0 Å². The Hall–Kier alpha value is -3.97. The highest BCUT2D eigenvalue weighted by atomic mass is 16.6. The number of hydrogen-bond donors (Lipinski definition) is 4. The molecule has 0 saturated carbocycles. The molecule has 1 amide bonds. The molecule has 1 saturated heterocycles. The van der Waals surface area contributed by atoms with Gasteiger partial charge in [-0.2, -0.15) is 4.68 Å². The molecular formula is C21H26N9O4+. The molecule has 1 aromatic carbocycles. The number of nitrogens with two attached hydrogens (primary N) is 1. The van der Waals surface area contributed by atoms with E-state index in [9.17, 15) is 4.79 Å². The van der Waals surface area contributed by atoms with Crippen molar-refractivity contribution in [3.8, 4) is 11.6 Å². The zero-order valence-corrected chi connectivity index (χ0v) is 18.7. The van der Waals surface area contributed by atoms with Gasteiger partial charge in [0.25, 0.3) is 5.91 Å². The fraction of sp³-hybridized carbons (Fsp3) is 0.381. The van der Waals surface area contributed by atoms with E-state index in [4.69, 9.17) is 19.8 Å². The van der Waals surface area contributed by atoms with Gasteiger partial charge in [0.2, 0.25) is 11.6 Å². The zero-order chi connectivity index (χ0) is 23.5. The van der Waals surface area contributed by atoms with Crippen LogP contribution in [0.5, 0.6) is 5.75 Å². The number of methoxy groups -OCH3 is 1. The number of hydrogen-bond acceptors (Lipinski definition) is 10. The van der Waals surface area contributed by atoms with Crippen LogP contribution in [0.4, 0.5) is 5.82 Å². The molecule has 34 heavy (non-hydrogen) atoms. The second-order valence-electron chi connectivity index (χ2n) is 8.07. The summed E-state index contributed by atoms with van der Waals surface area (Å²) in [4.78, 5) is 14.4. The second-order valence-corrected chi connectivity index (χ2v) is 8.07. The summed E-state index contributed by atoms with van der Waals surface area (Å²) in [5, 5.41) is 15.7. The van der Waals surface area contributed by atoms with E-state index < -0.39 is 5.91 Å². The molecule has 2 aliphatic rings. The Kier molecular flexibility index (Phi) is 6.10. The van der Waals surface area contributed by atoms with Gasteiger partial charge in [0.1, 0.15) is 31.1 Å². The first-order valence-corrected chi connectivity index (χ1v) is 11.0. The summed E-state index contributed by atoms with van der Waals surface area (Å²) in [6.45, 7) is 3.36. The maximum Gasteiger partial charge on any atom is 0.292 e. The number of nitrogen functional groups attached to an aromatic ring is 1. The van der Waals surface area contributed by atoms with Gasteiger partial charge >= 0.3 is 0 Å². The van der Waals surface area contributed by atoms with E-state index in [-0.39, 0.29) is 17.3 Å². The molecule has 2 aromatic heterocycles. The van der Waals surface area contributed by atoms with Crippen LogP contribution in [0.3, 0.4) is 0 Å². The largest absolute Gasteiger partial charge is 0.497 e. The fourth-order valence-corrected chi connectivity index (χ4v) is 4.17. The van der Waals surface area contributed by atoms with Gasteiger partial charge in [0.15, 0.2) is 5.69 Å². The molecule has 13 nitrogen and oxygen atoms in total. The van der Waals surface area contributed by atoms with E-state index in [1.54, 1.807) is 7.11 Å². The van der Waals surface area contributed by atoms with E-state index in [0.29, 0.717) is 25.5 Å². The summed E-state index contributed by atoms with van der Waals surface area (Å²) in [5.74, 6) is 0.635. The number of ether oxygens (including phenoxy) is 2. The predicted octanol–water partition coefficient (Wildman–Crippen LogP) is -1.12. The number of morpholine rings is 1. The van der Waals surface area contributed by atoms with Crippen LogP contribution in [0, 0.1) is 0 Å². The Balaban J connectivity index is 1.37. The Bertz CT molecular complexity index is 1210. The molecule has 178 valence electrons. The van der Waals surface area contributed by atoms with Gasteiger partial charge in [-0.05, 0) is 46.9 Å². The first-order valence-electron chi connectivity index (χ1n) is 11.0. The van der Waals surface area contributed by atoms with Crippen molar-refractivity contribution >= 4 is 17.4 Å². The molecule has 13 heteroatoms. The molecule has 0 unspecified atom stereocenters. The maximum absolute atomic E-state index is 13.2. The lowest BCUT2D eigenvalue weighted by atomic mass is 9.95. The third-order valence-electron chi connectivity index (χ3n) is 5.97. The molecule has 3 aromatic rings. The van der Waals surface area contributed by atoms with E-state index in [0.717, 1.165) is 48.5 Å². The zero-order valence-electron chi connectivity index (χ0n) is 18.7. The summed E-state index contributed by atoms with van der Waals surface area (Å²) in [6.07, 6.45) is 3.80. The summed E-state index contributed by atoms with van der Waals surface area (Å²) in [6, 6.07) is 5.88. The number of allylic oxidation sites excluding steroid dienone is 1. The maximum atomic E-state index is 13.2. The van der Waals surface area contributed by atoms with Crippen molar-refractivity contribution in [2.75, 3.05) is 39.1 Å². The Labute approximate surface area is 194 Å². The number of nitrogens with one attached hydrogen (secondary N) is 3. The molecule has 1 aliphatic heterocycles. The normalized spacial score (nSPS) is 16.0. The number of aromatic nitrogens is 5. The molecule has 5 rings (SSSR count). The molecule has 0 spiro atoms. The molecule has 0 atom stereocenters. The van der Waals surface area contributed by atoms with Crippen LogP contribution in [0.1, 0.15) is 33.7 Å². The van der Waals surface area contributed by atoms with Gasteiger partial charge in [-0.3, -0.25) is 15.6 Å². The van der Waals surface area contributed by atoms with Gasteiger partial charge in [-0.1, -0.05) is 11.3 Å². The van der Waals surface area contributed by atoms with Gasteiger partial charge in [-0.25, -0.2) is 4.63 Å². The third-order valence-corrected chi connectivity index (χ3v) is 5.97. The van der Waals surface area contributed by atoms with Crippen LogP contribution in [-0.4, -0.2) is 64.6 Å². The molecule has 1 aliphatic carbocycles. The predicted molar refractivity (Wildman–Crippen MR) is 119 cm³/mol. The number of carbonyl (C=O) groups is 1. The topological polar surface area (TPSA) is 160 Å². The number of amides is 1. The average Bonchev–Trinajstić information content (AvgIpc) is 3.48. The van der Waals surface area contributed by atoms with Gasteiger partial charge in [0.05, 0.1) is 26.0 Å². The first-order chi connectivity index (χ1) is 16.6. The standard InChI is InChI=1S/C21H25N9O4/c1-32-14-5-6-15-13(11-14)3-2-4-16(15)23-25-21(31)18-17(12-29-7-9-33-10-8-29)30(28-24-18)20-19(22)26-34-27-20/h4-6,11,23H,2-3,7-10,12H2,1H3,(H2,22,26)(H,25,31)/p+1. The van der Waals surface area contributed by atoms with E-state index in [1.165, 1.54) is 9.58 Å². The van der Waals surface area contributed by atoms with Gasteiger partial charge in [0, 0.05) is 5.56 Å². The Morgan fingerprint density at radius 3 is 2.91 bits per heavy atom. The molecule has 0 bridgehead atoms. The average molecular weight is 468 g/mol. The molecule has 3 heterocycles. The number of anilines is 1. The van der Waals surface area contributed by atoms with E-state index >= 15 is 0 Å². The molecular weight excluding hydrogens is 442 g/mol. The lowest BCUT2D eigenvalue weighted by molar-refractivity contribution is -0.921. The molecule has 5 N–H and O–H groups in total. The minimum absolute atomic E-state index is 0.0626. The highest BCUT2D eigenvalue weighted by Gasteiger charge is 2.28. The minimum Gasteiger partial charge on any atom is -0.497 e. The van der Waals surface area contributed by atoms with Crippen LogP contribution in [0.15, 0.2) is 28.9 Å². The number of aryl methyl sites for hydroxylation is 1. The van der Waals surface area contributed by atoms with E-state index in [2.05, 4.69) is 31.5 Å². The second kappa shape index (κ2) is 9.49. The van der Waals surface area contributed by atoms with Crippen LogP contribution in [0.2, 0.25) is 0 Å². The highest BCUT2D eigenvalue weighted by Crippen LogP contribution is 2.27. The number of hydrazine groups is 1. The highest BCUT2D eigenvalue weighted by molar-refractivity contribution is 5.93. The van der Waals surface area contributed by atoms with Crippen molar-refractivity contribution in [1.29, 1.82) is 0 Å². The van der Waals surface area contributed by atoms with Gasteiger partial charge in [-0.15, -0.1) is 5.10 Å². The van der Waals surface area contributed by atoms with Crippen LogP contribution < -0.4 is 26.2 Å². The SMILES string of the molecule is COc1ccc2c(c1)CCC=C2NNC(=O)c1nnn(-c2nonc2N)c1C[NH+]1CCOCC1. The van der Waals surface area contributed by atoms with Crippen molar-refractivity contribution < 1.29 is 23.8 Å². The van der Waals surface area contributed by atoms with Gasteiger partial charge < -0.3 is 20.1 Å². The Morgan fingerprint density at radius 1 is 1.29 bits per heavy atom.